The number of aliphatic carboxylic acids is 1. The van der Waals surface area contributed by atoms with Crippen LogP contribution in [0.25, 0.3) is 10.4 Å². The molecule has 0 fully saturated rings. The van der Waals surface area contributed by atoms with Crippen molar-refractivity contribution in [3.05, 3.63) is 105 Å². The predicted octanol–water partition coefficient (Wildman–Crippen LogP) is 6.17. The zero-order chi connectivity index (χ0) is 27.2. The molecule has 0 bridgehead atoms. The van der Waals surface area contributed by atoms with E-state index in [1.54, 1.807) is 24.5 Å². The molecule has 8 heteroatoms. The lowest BCUT2D eigenvalue weighted by Crippen LogP contribution is -2.42. The van der Waals surface area contributed by atoms with E-state index in [1.807, 2.05) is 50.2 Å². The van der Waals surface area contributed by atoms with Gasteiger partial charge >= 0.3 is 5.97 Å². The van der Waals surface area contributed by atoms with Crippen molar-refractivity contribution in [2.24, 2.45) is 0 Å². The molecule has 0 saturated carbocycles. The summed E-state index contributed by atoms with van der Waals surface area (Å²) in [6, 6.07) is 17.3. The molecule has 1 atom stereocenters. The number of benzene rings is 2. The number of halogens is 1. The van der Waals surface area contributed by atoms with Gasteiger partial charge in [0.1, 0.15) is 17.7 Å². The van der Waals surface area contributed by atoms with Crippen LogP contribution in [0.4, 0.5) is 10.2 Å². The molecule has 6 nitrogen and oxygen atoms in total. The van der Waals surface area contributed by atoms with Gasteiger partial charge in [0.15, 0.2) is 0 Å². The second kappa shape index (κ2) is 12.0. The minimum absolute atomic E-state index is 0.131. The summed E-state index contributed by atoms with van der Waals surface area (Å²) in [5.41, 5.74) is 4.33. The molecule has 0 saturated heterocycles. The highest BCUT2D eigenvalue weighted by Gasteiger charge is 2.24. The van der Waals surface area contributed by atoms with Crippen LogP contribution in [-0.2, 0) is 24.2 Å². The normalized spacial score (nSPS) is 11.7. The number of aromatic nitrogens is 1. The Bertz CT molecular complexity index is 1450. The van der Waals surface area contributed by atoms with Crippen molar-refractivity contribution >= 4 is 29.0 Å². The van der Waals surface area contributed by atoms with Crippen LogP contribution in [-0.4, -0.2) is 28.0 Å². The van der Waals surface area contributed by atoms with Crippen LogP contribution in [0.3, 0.4) is 0 Å². The van der Waals surface area contributed by atoms with Gasteiger partial charge in [0.25, 0.3) is 5.91 Å². The Morgan fingerprint density at radius 2 is 1.82 bits per heavy atom. The minimum atomic E-state index is -1.13. The van der Waals surface area contributed by atoms with Crippen molar-refractivity contribution in [1.29, 1.82) is 0 Å². The van der Waals surface area contributed by atoms with Crippen LogP contribution in [0.5, 0.6) is 0 Å². The van der Waals surface area contributed by atoms with E-state index in [4.69, 9.17) is 0 Å². The third-order valence-electron chi connectivity index (χ3n) is 6.29. The fourth-order valence-electron chi connectivity index (χ4n) is 4.33. The quantitative estimate of drug-likeness (QED) is 0.228. The molecule has 196 valence electrons. The lowest BCUT2D eigenvalue weighted by atomic mass is 9.98. The molecule has 4 rings (SSSR count). The number of carboxylic acid groups (broad SMARTS) is 1. The van der Waals surface area contributed by atoms with Crippen molar-refractivity contribution in [3.8, 4) is 10.4 Å². The maximum atomic E-state index is 13.8. The zero-order valence-electron chi connectivity index (χ0n) is 21.5. The van der Waals surface area contributed by atoms with Gasteiger partial charge in [-0.15, -0.1) is 11.3 Å². The molecule has 4 aromatic rings. The van der Waals surface area contributed by atoms with E-state index in [1.165, 1.54) is 17.0 Å². The fraction of sp³-hybridized carbons (Fsp3) is 0.233. The first kappa shape index (κ1) is 27.0. The smallest absolute Gasteiger partial charge is 0.326 e. The number of nitrogens with zero attached hydrogens (tertiary/aromatic N) is 1. The highest BCUT2D eigenvalue weighted by molar-refractivity contribution is 7.15. The molecular formula is C30H30FN3O3S. The Labute approximate surface area is 225 Å². The van der Waals surface area contributed by atoms with Gasteiger partial charge in [-0.2, -0.15) is 0 Å². The van der Waals surface area contributed by atoms with Crippen LogP contribution in [0.1, 0.15) is 44.4 Å². The third kappa shape index (κ3) is 6.63. The molecule has 0 aliphatic carbocycles. The number of rotatable bonds is 10. The van der Waals surface area contributed by atoms with Crippen molar-refractivity contribution in [1.82, 2.24) is 10.3 Å². The Morgan fingerprint density at radius 1 is 1.05 bits per heavy atom. The van der Waals surface area contributed by atoms with Gasteiger partial charge in [-0.1, -0.05) is 31.2 Å². The first-order chi connectivity index (χ1) is 18.2. The number of thiophene rings is 1. The van der Waals surface area contributed by atoms with Crippen LogP contribution in [0.15, 0.2) is 66.9 Å². The first-order valence-corrected chi connectivity index (χ1v) is 13.2. The lowest BCUT2D eigenvalue weighted by molar-refractivity contribution is -0.139. The zero-order valence-corrected chi connectivity index (χ0v) is 22.4. The number of anilines is 1. The summed E-state index contributed by atoms with van der Waals surface area (Å²) >= 11 is 1.68. The summed E-state index contributed by atoms with van der Waals surface area (Å²) in [5, 5.41) is 15.7. The average Bonchev–Trinajstić information content (AvgIpc) is 3.36. The average molecular weight is 532 g/mol. The number of carboxylic acids is 1. The van der Waals surface area contributed by atoms with E-state index in [0.717, 1.165) is 27.4 Å². The third-order valence-corrected chi connectivity index (χ3v) is 7.43. The topological polar surface area (TPSA) is 91.3 Å². The first-order valence-electron chi connectivity index (χ1n) is 12.4. The van der Waals surface area contributed by atoms with Gasteiger partial charge in [0, 0.05) is 27.9 Å². The van der Waals surface area contributed by atoms with E-state index in [9.17, 15) is 19.1 Å². The van der Waals surface area contributed by atoms with E-state index >= 15 is 0 Å². The fourth-order valence-corrected chi connectivity index (χ4v) is 5.28. The molecule has 0 aliphatic rings. The second-order valence-electron chi connectivity index (χ2n) is 9.21. The van der Waals surface area contributed by atoms with Gasteiger partial charge in [-0.25, -0.2) is 14.2 Å². The van der Waals surface area contributed by atoms with E-state index < -0.39 is 23.7 Å². The summed E-state index contributed by atoms with van der Waals surface area (Å²) < 4.78 is 13.8. The number of nitrogens with one attached hydrogen (secondary N) is 2. The van der Waals surface area contributed by atoms with Gasteiger partial charge in [-0.3, -0.25) is 4.79 Å². The van der Waals surface area contributed by atoms with Crippen LogP contribution < -0.4 is 10.6 Å². The molecule has 0 radical (unpaired) electrons. The molecule has 2 heterocycles. The van der Waals surface area contributed by atoms with Crippen LogP contribution in [0.2, 0.25) is 0 Å². The number of hydrogen-bond acceptors (Lipinski definition) is 5. The monoisotopic (exact) mass is 531 g/mol. The Hall–Kier alpha value is -4.04. The van der Waals surface area contributed by atoms with E-state index in [0.29, 0.717) is 29.7 Å². The van der Waals surface area contributed by atoms with Crippen molar-refractivity contribution in [2.45, 2.75) is 46.2 Å². The molecule has 0 spiro atoms. The van der Waals surface area contributed by atoms with Gasteiger partial charge in [0.05, 0.1) is 6.54 Å². The molecule has 3 N–H and O–H groups in total. The summed E-state index contributed by atoms with van der Waals surface area (Å²) in [6.07, 6.45) is 2.38. The van der Waals surface area contributed by atoms with Crippen molar-refractivity contribution in [3.63, 3.8) is 0 Å². The molecule has 38 heavy (non-hydrogen) atoms. The van der Waals surface area contributed by atoms with E-state index in [-0.39, 0.29) is 6.42 Å². The summed E-state index contributed by atoms with van der Waals surface area (Å²) in [4.78, 5) is 31.5. The van der Waals surface area contributed by atoms with Gasteiger partial charge < -0.3 is 15.7 Å². The van der Waals surface area contributed by atoms with Crippen LogP contribution >= 0.6 is 11.3 Å². The summed E-state index contributed by atoms with van der Waals surface area (Å²) in [7, 11) is 0. The molecule has 0 aliphatic heterocycles. The SMILES string of the molecule is CCc1cc(F)cc(C)c1C(=O)NC(Cc1ccc(-c2ccc(CNc3cc(C)ccn3)s2)cc1)C(=O)O. The maximum Gasteiger partial charge on any atom is 0.326 e. The highest BCUT2D eigenvalue weighted by atomic mass is 32.1. The number of pyridine rings is 1. The Kier molecular flexibility index (Phi) is 8.53. The molecule has 1 amide bonds. The standard InChI is InChI=1S/C30H30FN3O3S/c1-4-21-16-23(31)14-19(3)28(21)29(35)34-25(30(36)37)15-20-5-7-22(8-6-20)26-10-9-24(38-26)17-33-27-13-18(2)11-12-32-27/h5-14,16,25H,4,15,17H2,1-3H3,(H,32,33)(H,34,35)(H,36,37). The minimum Gasteiger partial charge on any atom is -0.480 e. The number of aryl methyl sites for hydroxylation is 3. The largest absolute Gasteiger partial charge is 0.480 e. The summed E-state index contributed by atoms with van der Waals surface area (Å²) in [5.74, 6) is -1.21. The molecule has 2 aromatic carbocycles. The van der Waals surface area contributed by atoms with Gasteiger partial charge in [-0.05, 0) is 84.5 Å². The predicted molar refractivity (Wildman–Crippen MR) is 149 cm³/mol. The number of hydrogen-bond donors (Lipinski definition) is 3. The van der Waals surface area contributed by atoms with Crippen molar-refractivity contribution < 1.29 is 19.1 Å². The summed E-state index contributed by atoms with van der Waals surface area (Å²) in [6.45, 7) is 6.18. The second-order valence-corrected chi connectivity index (χ2v) is 10.4. The Balaban J connectivity index is 1.41. The number of carbonyl (C=O) groups is 2. The van der Waals surface area contributed by atoms with Gasteiger partial charge in [0.2, 0.25) is 0 Å². The number of carbonyl (C=O) groups excluding carboxylic acids is 1. The molecule has 2 aromatic heterocycles. The number of amides is 1. The maximum absolute atomic E-state index is 13.8. The van der Waals surface area contributed by atoms with E-state index in [2.05, 4.69) is 27.8 Å². The highest BCUT2D eigenvalue weighted by Crippen LogP contribution is 2.29. The van der Waals surface area contributed by atoms with Crippen molar-refractivity contribution in [2.75, 3.05) is 5.32 Å². The molecular weight excluding hydrogens is 501 g/mol. The Morgan fingerprint density at radius 3 is 2.50 bits per heavy atom. The molecule has 1 unspecified atom stereocenters. The van der Waals surface area contributed by atoms with Crippen LogP contribution in [0, 0.1) is 19.7 Å². The lowest BCUT2D eigenvalue weighted by Gasteiger charge is -2.17.